The van der Waals surface area contributed by atoms with Gasteiger partial charge in [-0.15, -0.1) is 0 Å². The molecular formula is C9H16N4O3S. The molecule has 1 fully saturated rings. The molecule has 2 rings (SSSR count). The Bertz CT molecular complexity index is 484. The molecule has 1 unspecified atom stereocenters. The second-order valence-corrected chi connectivity index (χ2v) is 5.79. The lowest BCUT2D eigenvalue weighted by atomic mass is 10.3. The van der Waals surface area contributed by atoms with Crippen LogP contribution in [0, 0.1) is 0 Å². The van der Waals surface area contributed by atoms with Gasteiger partial charge in [0, 0.05) is 26.3 Å². The van der Waals surface area contributed by atoms with Crippen LogP contribution >= 0.6 is 0 Å². The minimum atomic E-state index is -3.56. The first-order valence-corrected chi connectivity index (χ1v) is 6.77. The van der Waals surface area contributed by atoms with Gasteiger partial charge in [-0.2, -0.15) is 4.31 Å². The maximum atomic E-state index is 12.3. The van der Waals surface area contributed by atoms with Crippen LogP contribution in [-0.2, 0) is 21.8 Å². The SMILES string of the molecule is Cn1cnc(S(=O)(=O)N2CCOCC2CN)c1. The Morgan fingerprint density at radius 1 is 1.65 bits per heavy atom. The van der Waals surface area contributed by atoms with E-state index in [0.717, 1.165) is 0 Å². The third-order valence-corrected chi connectivity index (χ3v) is 4.54. The summed E-state index contributed by atoms with van der Waals surface area (Å²) < 4.78 is 32.8. The second-order valence-electron chi connectivity index (χ2n) is 3.96. The van der Waals surface area contributed by atoms with Crippen LogP contribution in [0.3, 0.4) is 0 Å². The standard InChI is InChI=1S/C9H16N4O3S/c1-12-5-9(11-7-12)17(14,15)13-2-3-16-6-8(13)4-10/h5,7-8H,2-4,6,10H2,1H3. The molecule has 1 aromatic heterocycles. The van der Waals surface area contributed by atoms with Crippen LogP contribution in [-0.4, -0.2) is 54.6 Å². The summed E-state index contributed by atoms with van der Waals surface area (Å²) in [5.41, 5.74) is 5.56. The van der Waals surface area contributed by atoms with E-state index in [4.69, 9.17) is 10.5 Å². The molecule has 17 heavy (non-hydrogen) atoms. The summed E-state index contributed by atoms with van der Waals surface area (Å²) in [5, 5.41) is 0.0559. The Hall–Kier alpha value is -0.960. The van der Waals surface area contributed by atoms with Gasteiger partial charge >= 0.3 is 0 Å². The van der Waals surface area contributed by atoms with Gasteiger partial charge in [0.2, 0.25) is 0 Å². The van der Waals surface area contributed by atoms with Crippen LogP contribution in [0.2, 0.25) is 0 Å². The molecule has 0 radical (unpaired) electrons. The van der Waals surface area contributed by atoms with E-state index in [1.807, 2.05) is 0 Å². The molecule has 7 nitrogen and oxygen atoms in total. The quantitative estimate of drug-likeness (QED) is 0.734. The van der Waals surface area contributed by atoms with E-state index in [0.29, 0.717) is 19.8 Å². The molecule has 0 saturated carbocycles. The average molecular weight is 260 g/mol. The van der Waals surface area contributed by atoms with Gasteiger partial charge in [0.15, 0.2) is 5.03 Å². The monoisotopic (exact) mass is 260 g/mol. The lowest BCUT2D eigenvalue weighted by molar-refractivity contribution is 0.0357. The Kier molecular flexibility index (Phi) is 3.48. The van der Waals surface area contributed by atoms with E-state index < -0.39 is 10.0 Å². The van der Waals surface area contributed by atoms with E-state index in [2.05, 4.69) is 4.98 Å². The number of hydrogen-bond donors (Lipinski definition) is 1. The third kappa shape index (κ3) is 2.34. The Morgan fingerprint density at radius 3 is 3.00 bits per heavy atom. The first-order chi connectivity index (χ1) is 8.05. The molecule has 1 saturated heterocycles. The van der Waals surface area contributed by atoms with E-state index in [9.17, 15) is 8.42 Å². The van der Waals surface area contributed by atoms with Crippen molar-refractivity contribution in [3.8, 4) is 0 Å². The zero-order valence-electron chi connectivity index (χ0n) is 9.61. The van der Waals surface area contributed by atoms with Gasteiger partial charge in [-0.1, -0.05) is 0 Å². The Balaban J connectivity index is 2.30. The van der Waals surface area contributed by atoms with Crippen molar-refractivity contribution in [1.82, 2.24) is 13.9 Å². The number of nitrogens with two attached hydrogens (primary N) is 1. The molecule has 2 heterocycles. The molecule has 0 aliphatic carbocycles. The highest BCUT2D eigenvalue weighted by molar-refractivity contribution is 7.89. The summed E-state index contributed by atoms with van der Waals surface area (Å²) >= 11 is 0. The van der Waals surface area contributed by atoms with E-state index >= 15 is 0 Å². The first kappa shape index (κ1) is 12.5. The number of morpholine rings is 1. The number of ether oxygens (including phenoxy) is 1. The van der Waals surface area contributed by atoms with E-state index in [1.54, 1.807) is 11.6 Å². The fourth-order valence-corrected chi connectivity index (χ4v) is 3.36. The summed E-state index contributed by atoms with van der Waals surface area (Å²) in [6, 6.07) is -0.309. The topological polar surface area (TPSA) is 90.5 Å². The van der Waals surface area contributed by atoms with Crippen molar-refractivity contribution in [2.24, 2.45) is 12.8 Å². The average Bonchev–Trinajstić information content (AvgIpc) is 2.76. The molecule has 2 N–H and O–H groups in total. The normalized spacial score (nSPS) is 22.8. The zero-order chi connectivity index (χ0) is 12.5. The molecular weight excluding hydrogens is 244 g/mol. The number of sulfonamides is 1. The molecule has 0 bridgehead atoms. The molecule has 1 aliphatic heterocycles. The third-order valence-electron chi connectivity index (χ3n) is 2.70. The molecule has 0 aromatic carbocycles. The van der Waals surface area contributed by atoms with Gasteiger partial charge in [-0.3, -0.25) is 0 Å². The van der Waals surface area contributed by atoms with Crippen LogP contribution in [0.15, 0.2) is 17.6 Å². The summed E-state index contributed by atoms with van der Waals surface area (Å²) in [6.07, 6.45) is 2.95. The van der Waals surface area contributed by atoms with Crippen molar-refractivity contribution in [1.29, 1.82) is 0 Å². The first-order valence-electron chi connectivity index (χ1n) is 5.33. The smallest absolute Gasteiger partial charge is 0.262 e. The fraction of sp³-hybridized carbons (Fsp3) is 0.667. The number of hydrogen-bond acceptors (Lipinski definition) is 5. The highest BCUT2D eigenvalue weighted by atomic mass is 32.2. The lowest BCUT2D eigenvalue weighted by Gasteiger charge is -2.33. The van der Waals surface area contributed by atoms with Crippen LogP contribution in [0.4, 0.5) is 0 Å². The predicted molar refractivity (Wildman–Crippen MR) is 60.8 cm³/mol. The van der Waals surface area contributed by atoms with Crippen molar-refractivity contribution < 1.29 is 13.2 Å². The predicted octanol–water partition coefficient (Wildman–Crippen LogP) is -1.23. The van der Waals surface area contributed by atoms with Crippen molar-refractivity contribution in [2.75, 3.05) is 26.3 Å². The maximum absolute atomic E-state index is 12.3. The molecule has 1 aromatic rings. The molecule has 0 amide bonds. The molecule has 0 spiro atoms. The largest absolute Gasteiger partial charge is 0.378 e. The lowest BCUT2D eigenvalue weighted by Crippen LogP contribution is -2.51. The van der Waals surface area contributed by atoms with Crippen molar-refractivity contribution in [3.05, 3.63) is 12.5 Å². The second kappa shape index (κ2) is 4.73. The maximum Gasteiger partial charge on any atom is 0.262 e. The van der Waals surface area contributed by atoms with Crippen molar-refractivity contribution in [2.45, 2.75) is 11.1 Å². The minimum Gasteiger partial charge on any atom is -0.378 e. The number of rotatable bonds is 3. The van der Waals surface area contributed by atoms with Gasteiger partial charge < -0.3 is 15.0 Å². The minimum absolute atomic E-state index is 0.0559. The van der Waals surface area contributed by atoms with Crippen LogP contribution in [0.25, 0.3) is 0 Å². The van der Waals surface area contributed by atoms with Gasteiger partial charge in [0.05, 0.1) is 25.6 Å². The highest BCUT2D eigenvalue weighted by Gasteiger charge is 2.34. The fourth-order valence-electron chi connectivity index (χ4n) is 1.78. The summed E-state index contributed by atoms with van der Waals surface area (Å²) in [5.74, 6) is 0. The van der Waals surface area contributed by atoms with Gasteiger partial charge in [-0.05, 0) is 0 Å². The van der Waals surface area contributed by atoms with Crippen molar-refractivity contribution in [3.63, 3.8) is 0 Å². The summed E-state index contributed by atoms with van der Waals surface area (Å²) in [6.45, 7) is 1.29. The molecule has 8 heteroatoms. The zero-order valence-corrected chi connectivity index (χ0v) is 10.4. The van der Waals surface area contributed by atoms with Crippen LogP contribution in [0.5, 0.6) is 0 Å². The molecule has 1 atom stereocenters. The van der Waals surface area contributed by atoms with E-state index in [1.165, 1.54) is 16.8 Å². The number of imidazole rings is 1. The van der Waals surface area contributed by atoms with Crippen molar-refractivity contribution >= 4 is 10.0 Å². The highest BCUT2D eigenvalue weighted by Crippen LogP contribution is 2.18. The molecule has 96 valence electrons. The Labute approximate surface area is 100 Å². The summed E-state index contributed by atoms with van der Waals surface area (Å²) in [7, 11) is -1.83. The van der Waals surface area contributed by atoms with Gasteiger partial charge in [-0.25, -0.2) is 13.4 Å². The number of aromatic nitrogens is 2. The van der Waals surface area contributed by atoms with Gasteiger partial charge in [0.1, 0.15) is 0 Å². The Morgan fingerprint density at radius 2 is 2.41 bits per heavy atom. The van der Waals surface area contributed by atoms with Crippen LogP contribution in [0.1, 0.15) is 0 Å². The number of aryl methyl sites for hydroxylation is 1. The summed E-state index contributed by atoms with van der Waals surface area (Å²) in [4.78, 5) is 3.88. The van der Waals surface area contributed by atoms with E-state index in [-0.39, 0.29) is 17.6 Å². The van der Waals surface area contributed by atoms with Gasteiger partial charge in [0.25, 0.3) is 10.0 Å². The molecule has 1 aliphatic rings. The van der Waals surface area contributed by atoms with Crippen LogP contribution < -0.4 is 5.73 Å². The number of nitrogens with zero attached hydrogens (tertiary/aromatic N) is 3.